The Morgan fingerprint density at radius 2 is 2.08 bits per heavy atom. The molecule has 0 aliphatic heterocycles. The third kappa shape index (κ3) is 1.27. The van der Waals surface area contributed by atoms with Gasteiger partial charge in [-0.05, 0) is 43.4 Å². The second-order valence-electron chi connectivity index (χ2n) is 3.25. The molecular formula is C11H13N. The average Bonchev–Trinajstić information content (AvgIpc) is 2.17. The summed E-state index contributed by atoms with van der Waals surface area (Å²) in [6, 6.07) is 4.25. The smallest absolute Gasteiger partial charge is 0.0627 e. The van der Waals surface area contributed by atoms with Crippen molar-refractivity contribution in [3.05, 3.63) is 35.7 Å². The summed E-state index contributed by atoms with van der Waals surface area (Å²) in [5.41, 5.74) is 3.74. The van der Waals surface area contributed by atoms with Crippen molar-refractivity contribution in [2.45, 2.75) is 25.7 Å². The molecule has 1 aliphatic carbocycles. The normalized spacial score (nSPS) is 15.3. The van der Waals surface area contributed by atoms with E-state index in [4.69, 9.17) is 0 Å². The first kappa shape index (κ1) is 7.53. The summed E-state index contributed by atoms with van der Waals surface area (Å²) in [6.07, 6.45) is 6.79. The fraction of sp³-hybridized carbons (Fsp3) is 0.364. The van der Waals surface area contributed by atoms with Crippen LogP contribution in [0.2, 0.25) is 0 Å². The largest absolute Gasteiger partial charge is 0.253 e. The molecule has 1 heterocycles. The van der Waals surface area contributed by atoms with E-state index in [2.05, 4.69) is 23.7 Å². The number of hydrogen-bond donors (Lipinski definition) is 0. The van der Waals surface area contributed by atoms with Crippen LogP contribution >= 0.6 is 0 Å². The lowest BCUT2D eigenvalue weighted by Crippen LogP contribution is -2.05. The molecule has 0 amide bonds. The highest BCUT2D eigenvalue weighted by molar-refractivity contribution is 5.43. The summed E-state index contributed by atoms with van der Waals surface area (Å²) in [6.45, 7) is 3.72. The predicted octanol–water partition coefficient (Wildman–Crippen LogP) is 2.60. The summed E-state index contributed by atoms with van der Waals surface area (Å²) in [7, 11) is 0. The first-order valence-corrected chi connectivity index (χ1v) is 4.51. The molecule has 0 unspecified atom stereocenters. The number of aromatic nitrogens is 1. The van der Waals surface area contributed by atoms with Gasteiger partial charge in [0, 0.05) is 5.69 Å². The van der Waals surface area contributed by atoms with Gasteiger partial charge < -0.3 is 0 Å². The Kier molecular flexibility index (Phi) is 1.94. The van der Waals surface area contributed by atoms with E-state index in [0.717, 1.165) is 12.1 Å². The Morgan fingerprint density at radius 1 is 1.25 bits per heavy atom. The van der Waals surface area contributed by atoms with Crippen LogP contribution in [0.5, 0.6) is 0 Å². The molecule has 1 nitrogen and oxygen atoms in total. The van der Waals surface area contributed by atoms with Crippen LogP contribution < -0.4 is 0 Å². The Labute approximate surface area is 73.1 Å². The van der Waals surface area contributed by atoms with E-state index >= 15 is 0 Å². The first-order chi connectivity index (χ1) is 5.90. The Hall–Kier alpha value is -1.11. The Morgan fingerprint density at radius 3 is 2.92 bits per heavy atom. The predicted molar refractivity (Wildman–Crippen MR) is 51.0 cm³/mol. The van der Waals surface area contributed by atoms with E-state index in [1.165, 1.54) is 30.5 Å². The molecule has 0 bridgehead atoms. The van der Waals surface area contributed by atoms with Crippen molar-refractivity contribution in [3.63, 3.8) is 0 Å². The van der Waals surface area contributed by atoms with Crippen molar-refractivity contribution in [2.24, 2.45) is 0 Å². The van der Waals surface area contributed by atoms with Gasteiger partial charge >= 0.3 is 0 Å². The summed E-state index contributed by atoms with van der Waals surface area (Å²) in [4.78, 5) is 4.51. The molecule has 0 saturated carbocycles. The van der Waals surface area contributed by atoms with Crippen molar-refractivity contribution in [1.29, 1.82) is 0 Å². The van der Waals surface area contributed by atoms with Crippen LogP contribution in [0.25, 0.3) is 6.08 Å². The van der Waals surface area contributed by atoms with E-state index in [1.807, 2.05) is 6.08 Å². The molecule has 0 radical (unpaired) electrons. The molecule has 1 aromatic heterocycles. The maximum absolute atomic E-state index is 4.51. The topological polar surface area (TPSA) is 12.9 Å². The Balaban J connectivity index is 2.42. The highest BCUT2D eigenvalue weighted by Crippen LogP contribution is 2.19. The quantitative estimate of drug-likeness (QED) is 0.613. The van der Waals surface area contributed by atoms with Gasteiger partial charge in [0.2, 0.25) is 0 Å². The second kappa shape index (κ2) is 3.10. The van der Waals surface area contributed by atoms with Crippen LogP contribution in [0.15, 0.2) is 18.7 Å². The standard InChI is InChI=1S/C11H13N/c1-2-10-8-7-9-5-3-4-6-11(9)12-10/h2,7-8H,1,3-6H2. The van der Waals surface area contributed by atoms with Crippen LogP contribution in [0.1, 0.15) is 29.8 Å². The van der Waals surface area contributed by atoms with Gasteiger partial charge in [-0.25, -0.2) is 0 Å². The maximum atomic E-state index is 4.51. The van der Waals surface area contributed by atoms with Crippen molar-refractivity contribution in [3.8, 4) is 0 Å². The van der Waals surface area contributed by atoms with Gasteiger partial charge in [0.25, 0.3) is 0 Å². The molecule has 0 atom stereocenters. The summed E-state index contributed by atoms with van der Waals surface area (Å²) in [5.74, 6) is 0. The first-order valence-electron chi connectivity index (χ1n) is 4.51. The summed E-state index contributed by atoms with van der Waals surface area (Å²) < 4.78 is 0. The Bertz CT molecular complexity index is 302. The van der Waals surface area contributed by atoms with Crippen molar-refractivity contribution < 1.29 is 0 Å². The molecule has 0 aromatic carbocycles. The molecule has 0 fully saturated rings. The minimum absolute atomic E-state index is 1.01. The highest BCUT2D eigenvalue weighted by atomic mass is 14.7. The number of rotatable bonds is 1. The molecule has 0 spiro atoms. The summed E-state index contributed by atoms with van der Waals surface area (Å²) >= 11 is 0. The lowest BCUT2D eigenvalue weighted by molar-refractivity contribution is 0.667. The van der Waals surface area contributed by atoms with Gasteiger partial charge in [-0.15, -0.1) is 0 Å². The molecule has 62 valence electrons. The van der Waals surface area contributed by atoms with Gasteiger partial charge in [-0.1, -0.05) is 12.6 Å². The SMILES string of the molecule is C=Cc1ccc2c(n1)CCCC2. The molecule has 2 rings (SSSR count). The van der Waals surface area contributed by atoms with E-state index < -0.39 is 0 Å². The molecule has 1 heteroatoms. The van der Waals surface area contributed by atoms with Crippen molar-refractivity contribution >= 4 is 6.08 Å². The third-order valence-corrected chi connectivity index (χ3v) is 2.41. The second-order valence-corrected chi connectivity index (χ2v) is 3.25. The number of hydrogen-bond acceptors (Lipinski definition) is 1. The number of nitrogens with zero attached hydrogens (tertiary/aromatic N) is 1. The van der Waals surface area contributed by atoms with Crippen LogP contribution in [-0.4, -0.2) is 4.98 Å². The minimum Gasteiger partial charge on any atom is -0.253 e. The van der Waals surface area contributed by atoms with Crippen molar-refractivity contribution in [1.82, 2.24) is 4.98 Å². The van der Waals surface area contributed by atoms with Gasteiger partial charge in [-0.3, -0.25) is 4.98 Å². The minimum atomic E-state index is 1.01. The monoisotopic (exact) mass is 159 g/mol. The van der Waals surface area contributed by atoms with Crippen LogP contribution in [0, 0.1) is 0 Å². The fourth-order valence-corrected chi connectivity index (χ4v) is 1.71. The lowest BCUT2D eigenvalue weighted by atomic mass is 9.96. The molecule has 0 saturated heterocycles. The average molecular weight is 159 g/mol. The van der Waals surface area contributed by atoms with E-state index in [9.17, 15) is 0 Å². The zero-order valence-electron chi connectivity index (χ0n) is 7.21. The number of fused-ring (bicyclic) bond motifs is 1. The molecule has 0 N–H and O–H groups in total. The van der Waals surface area contributed by atoms with E-state index in [0.29, 0.717) is 0 Å². The number of pyridine rings is 1. The molecule has 1 aliphatic rings. The molecule has 12 heavy (non-hydrogen) atoms. The maximum Gasteiger partial charge on any atom is 0.0627 e. The van der Waals surface area contributed by atoms with Gasteiger partial charge in [0.1, 0.15) is 0 Å². The van der Waals surface area contributed by atoms with Crippen LogP contribution in [0.3, 0.4) is 0 Å². The molecular weight excluding hydrogens is 146 g/mol. The van der Waals surface area contributed by atoms with Gasteiger partial charge in [0.15, 0.2) is 0 Å². The zero-order valence-corrected chi connectivity index (χ0v) is 7.21. The van der Waals surface area contributed by atoms with Crippen LogP contribution in [0.4, 0.5) is 0 Å². The van der Waals surface area contributed by atoms with Gasteiger partial charge in [-0.2, -0.15) is 0 Å². The zero-order chi connectivity index (χ0) is 8.39. The highest BCUT2D eigenvalue weighted by Gasteiger charge is 2.09. The molecule has 1 aromatic rings. The van der Waals surface area contributed by atoms with Crippen LogP contribution in [-0.2, 0) is 12.8 Å². The van der Waals surface area contributed by atoms with Gasteiger partial charge in [0.05, 0.1) is 5.69 Å². The summed E-state index contributed by atoms with van der Waals surface area (Å²) in [5, 5.41) is 0. The fourth-order valence-electron chi connectivity index (χ4n) is 1.71. The van der Waals surface area contributed by atoms with Crippen molar-refractivity contribution in [2.75, 3.05) is 0 Å². The third-order valence-electron chi connectivity index (χ3n) is 2.41. The van der Waals surface area contributed by atoms with E-state index in [-0.39, 0.29) is 0 Å². The number of aryl methyl sites for hydroxylation is 2. The van der Waals surface area contributed by atoms with E-state index in [1.54, 1.807) is 0 Å². The lowest BCUT2D eigenvalue weighted by Gasteiger charge is -2.14.